The molecule has 0 bridgehead atoms. The lowest BCUT2D eigenvalue weighted by Gasteiger charge is -2.07. The highest BCUT2D eigenvalue weighted by atomic mass is 19.1. The molecule has 0 aliphatic carbocycles. The van der Waals surface area contributed by atoms with Crippen LogP contribution in [0.1, 0.15) is 25.3 Å². The van der Waals surface area contributed by atoms with Crippen LogP contribution < -0.4 is 4.74 Å². The fraction of sp³-hybridized carbons (Fsp3) is 0.333. The Morgan fingerprint density at radius 1 is 1.33 bits per heavy atom. The van der Waals surface area contributed by atoms with Crippen molar-refractivity contribution >= 4 is 18.0 Å². The highest BCUT2D eigenvalue weighted by Crippen LogP contribution is 2.17. The minimum atomic E-state index is -1.14. The Morgan fingerprint density at radius 2 is 2.10 bits per heavy atom. The summed E-state index contributed by atoms with van der Waals surface area (Å²) in [7, 11) is 0. The van der Waals surface area contributed by atoms with E-state index in [0.29, 0.717) is 12.2 Å². The van der Waals surface area contributed by atoms with Gasteiger partial charge < -0.3 is 14.6 Å². The van der Waals surface area contributed by atoms with Gasteiger partial charge in [-0.05, 0) is 30.2 Å². The van der Waals surface area contributed by atoms with E-state index in [2.05, 4.69) is 0 Å². The Hall–Kier alpha value is -2.37. The highest BCUT2D eigenvalue weighted by molar-refractivity contribution is 5.85. The predicted octanol–water partition coefficient (Wildman–Crippen LogP) is 2.65. The van der Waals surface area contributed by atoms with Crippen LogP contribution in [0.25, 0.3) is 6.08 Å². The van der Waals surface area contributed by atoms with Crippen molar-refractivity contribution in [1.82, 2.24) is 0 Å². The first-order chi connectivity index (χ1) is 10.0. The SMILES string of the molecule is CCCCOC(=O)COc1cc(F)cc(/C=C/C(=O)O)c1. The fourth-order valence-electron chi connectivity index (χ4n) is 1.45. The molecule has 5 nitrogen and oxygen atoms in total. The second-order valence-electron chi connectivity index (χ2n) is 4.25. The van der Waals surface area contributed by atoms with Crippen molar-refractivity contribution in [3.05, 3.63) is 35.7 Å². The van der Waals surface area contributed by atoms with Crippen molar-refractivity contribution in [3.8, 4) is 5.75 Å². The van der Waals surface area contributed by atoms with Crippen molar-refractivity contribution in [2.75, 3.05) is 13.2 Å². The standard InChI is InChI=1S/C15H17FO5/c1-2-3-6-20-15(19)10-21-13-8-11(4-5-14(17)18)7-12(16)9-13/h4-5,7-9H,2-3,6,10H2,1H3,(H,17,18)/b5-4+. The molecule has 0 aromatic heterocycles. The smallest absolute Gasteiger partial charge is 0.344 e. The molecule has 1 aromatic rings. The Bertz CT molecular complexity index is 525. The molecule has 0 aliphatic heterocycles. The van der Waals surface area contributed by atoms with Crippen molar-refractivity contribution < 1.29 is 28.6 Å². The molecule has 1 rings (SSSR count). The number of hydrogen-bond acceptors (Lipinski definition) is 4. The number of carboxylic acids is 1. The summed E-state index contributed by atoms with van der Waals surface area (Å²) in [5.41, 5.74) is 0.326. The van der Waals surface area contributed by atoms with Gasteiger partial charge in [0.25, 0.3) is 0 Å². The second kappa shape index (κ2) is 8.73. The van der Waals surface area contributed by atoms with Crippen molar-refractivity contribution in [2.45, 2.75) is 19.8 Å². The fourth-order valence-corrected chi connectivity index (χ4v) is 1.45. The molecule has 21 heavy (non-hydrogen) atoms. The van der Waals surface area contributed by atoms with Crippen LogP contribution >= 0.6 is 0 Å². The molecular formula is C15H17FO5. The normalized spacial score (nSPS) is 10.6. The van der Waals surface area contributed by atoms with Gasteiger partial charge in [0.2, 0.25) is 0 Å². The molecule has 0 heterocycles. The average molecular weight is 296 g/mol. The van der Waals surface area contributed by atoms with Crippen LogP contribution in [0.5, 0.6) is 5.75 Å². The molecule has 0 saturated heterocycles. The van der Waals surface area contributed by atoms with E-state index in [1.807, 2.05) is 6.92 Å². The molecule has 0 unspecified atom stereocenters. The molecule has 0 amide bonds. The maximum Gasteiger partial charge on any atom is 0.344 e. The molecule has 0 radical (unpaired) electrons. The Labute approximate surface area is 122 Å². The number of halogens is 1. The number of carboxylic acid groups (broad SMARTS) is 1. The largest absolute Gasteiger partial charge is 0.482 e. The Kier molecular flexibility index (Phi) is 6.94. The number of aliphatic carboxylic acids is 1. The molecule has 0 saturated carbocycles. The van der Waals surface area contributed by atoms with Gasteiger partial charge in [0.05, 0.1) is 6.61 Å². The van der Waals surface area contributed by atoms with E-state index < -0.39 is 17.8 Å². The lowest BCUT2D eigenvalue weighted by molar-refractivity contribution is -0.146. The molecule has 0 aliphatic rings. The van der Waals surface area contributed by atoms with Crippen LogP contribution in [0.3, 0.4) is 0 Å². The summed E-state index contributed by atoms with van der Waals surface area (Å²) in [6.07, 6.45) is 3.81. The molecule has 6 heteroatoms. The van der Waals surface area contributed by atoms with E-state index in [9.17, 15) is 14.0 Å². The van der Waals surface area contributed by atoms with E-state index >= 15 is 0 Å². The van der Waals surface area contributed by atoms with Gasteiger partial charge in [-0.2, -0.15) is 0 Å². The lowest BCUT2D eigenvalue weighted by atomic mass is 10.2. The number of rotatable bonds is 8. The van der Waals surface area contributed by atoms with Gasteiger partial charge in [0, 0.05) is 12.1 Å². The van der Waals surface area contributed by atoms with Crippen LogP contribution in [-0.2, 0) is 14.3 Å². The van der Waals surface area contributed by atoms with Crippen LogP contribution in [0, 0.1) is 5.82 Å². The summed E-state index contributed by atoms with van der Waals surface area (Å²) in [6.45, 7) is 1.98. The van der Waals surface area contributed by atoms with Crippen molar-refractivity contribution in [3.63, 3.8) is 0 Å². The number of esters is 1. The Balaban J connectivity index is 2.58. The number of carbonyl (C=O) groups is 2. The molecule has 0 fully saturated rings. The summed E-state index contributed by atoms with van der Waals surface area (Å²) in [5.74, 6) is -2.12. The van der Waals surface area contributed by atoms with E-state index in [1.54, 1.807) is 0 Å². The summed E-state index contributed by atoms with van der Waals surface area (Å²) >= 11 is 0. The topological polar surface area (TPSA) is 72.8 Å². The third-order valence-electron chi connectivity index (χ3n) is 2.43. The maximum absolute atomic E-state index is 13.3. The first-order valence-corrected chi connectivity index (χ1v) is 6.51. The third-order valence-corrected chi connectivity index (χ3v) is 2.43. The summed E-state index contributed by atoms with van der Waals surface area (Å²) in [4.78, 5) is 21.8. The molecular weight excluding hydrogens is 279 g/mol. The van der Waals surface area contributed by atoms with Gasteiger partial charge in [-0.1, -0.05) is 13.3 Å². The average Bonchev–Trinajstić information content (AvgIpc) is 2.43. The first-order valence-electron chi connectivity index (χ1n) is 6.51. The number of benzene rings is 1. The summed E-state index contributed by atoms with van der Waals surface area (Å²) < 4.78 is 23.4. The van der Waals surface area contributed by atoms with Gasteiger partial charge in [-0.25, -0.2) is 14.0 Å². The van der Waals surface area contributed by atoms with E-state index in [0.717, 1.165) is 31.1 Å². The number of carbonyl (C=O) groups excluding carboxylic acids is 1. The number of ether oxygens (including phenoxy) is 2. The molecule has 1 aromatic carbocycles. The molecule has 114 valence electrons. The van der Waals surface area contributed by atoms with Gasteiger partial charge in [-0.15, -0.1) is 0 Å². The Morgan fingerprint density at radius 3 is 2.76 bits per heavy atom. The van der Waals surface area contributed by atoms with Crippen molar-refractivity contribution in [1.29, 1.82) is 0 Å². The van der Waals surface area contributed by atoms with Gasteiger partial charge in [0.1, 0.15) is 11.6 Å². The summed E-state index contributed by atoms with van der Waals surface area (Å²) in [6, 6.07) is 3.70. The minimum Gasteiger partial charge on any atom is -0.482 e. The summed E-state index contributed by atoms with van der Waals surface area (Å²) in [5, 5.41) is 8.52. The van der Waals surface area contributed by atoms with Crippen LogP contribution in [0.4, 0.5) is 4.39 Å². The minimum absolute atomic E-state index is 0.132. The van der Waals surface area contributed by atoms with Gasteiger partial charge >= 0.3 is 11.9 Å². The van der Waals surface area contributed by atoms with Crippen molar-refractivity contribution in [2.24, 2.45) is 0 Å². The van der Waals surface area contributed by atoms with Crippen LogP contribution in [0.15, 0.2) is 24.3 Å². The molecule has 1 N–H and O–H groups in total. The van der Waals surface area contributed by atoms with E-state index in [4.69, 9.17) is 14.6 Å². The quantitative estimate of drug-likeness (QED) is 0.453. The highest BCUT2D eigenvalue weighted by Gasteiger charge is 2.06. The lowest BCUT2D eigenvalue weighted by Crippen LogP contribution is -2.15. The molecule has 0 spiro atoms. The predicted molar refractivity (Wildman–Crippen MR) is 74.4 cm³/mol. The zero-order chi connectivity index (χ0) is 15.7. The van der Waals surface area contributed by atoms with Crippen LogP contribution in [-0.4, -0.2) is 30.3 Å². The zero-order valence-electron chi connectivity index (χ0n) is 11.7. The van der Waals surface area contributed by atoms with Crippen LogP contribution in [0.2, 0.25) is 0 Å². The van der Waals surface area contributed by atoms with E-state index in [-0.39, 0.29) is 12.4 Å². The molecule has 0 atom stereocenters. The first kappa shape index (κ1) is 16.7. The van der Waals surface area contributed by atoms with E-state index in [1.165, 1.54) is 12.1 Å². The number of unbranched alkanes of at least 4 members (excludes halogenated alkanes) is 1. The van der Waals surface area contributed by atoms with Gasteiger partial charge in [-0.3, -0.25) is 0 Å². The second-order valence-corrected chi connectivity index (χ2v) is 4.25. The number of hydrogen-bond donors (Lipinski definition) is 1. The monoisotopic (exact) mass is 296 g/mol. The maximum atomic E-state index is 13.3. The third kappa shape index (κ3) is 7.10. The zero-order valence-corrected chi connectivity index (χ0v) is 11.7. The van der Waals surface area contributed by atoms with Gasteiger partial charge in [0.15, 0.2) is 6.61 Å².